The van der Waals surface area contributed by atoms with Crippen LogP contribution in [0.4, 0.5) is 0 Å². The van der Waals surface area contributed by atoms with E-state index in [2.05, 4.69) is 37.0 Å². The summed E-state index contributed by atoms with van der Waals surface area (Å²) in [4.78, 5) is 23.8. The summed E-state index contributed by atoms with van der Waals surface area (Å²) < 4.78 is 0.778. The van der Waals surface area contributed by atoms with Crippen molar-refractivity contribution in [3.8, 4) is 6.07 Å². The predicted octanol–water partition coefficient (Wildman–Crippen LogP) is 4.95. The van der Waals surface area contributed by atoms with Crippen LogP contribution >= 0.6 is 27.5 Å². The Morgan fingerprint density at radius 1 is 1.15 bits per heavy atom. The van der Waals surface area contributed by atoms with Crippen LogP contribution in [0, 0.1) is 11.3 Å². The maximum atomic E-state index is 12.4. The average molecular weight is 438 g/mol. The molecular formula is C20H10BrClN4O. The van der Waals surface area contributed by atoms with Gasteiger partial charge in [-0.3, -0.25) is 4.79 Å². The molecule has 5 nitrogen and oxygen atoms in total. The Bertz CT molecular complexity index is 1340. The van der Waals surface area contributed by atoms with E-state index in [1.165, 1.54) is 0 Å². The predicted molar refractivity (Wildman–Crippen MR) is 110 cm³/mol. The van der Waals surface area contributed by atoms with Crippen molar-refractivity contribution >= 4 is 61.0 Å². The lowest BCUT2D eigenvalue weighted by atomic mass is 10.1. The monoisotopic (exact) mass is 436 g/mol. The third-order valence-electron chi connectivity index (χ3n) is 4.05. The minimum absolute atomic E-state index is 0.182. The van der Waals surface area contributed by atoms with Crippen molar-refractivity contribution in [1.82, 2.24) is 15.0 Å². The number of nitriles is 1. The van der Waals surface area contributed by atoms with Crippen LogP contribution in [-0.4, -0.2) is 15.0 Å². The SMILES string of the molecule is N#CC(=Cc1cc2ccccc2nc1Cl)c1nc2ccc(Br)cc2c(=O)[nH]1. The number of pyridine rings is 1. The topological polar surface area (TPSA) is 82.4 Å². The van der Waals surface area contributed by atoms with Gasteiger partial charge in [-0.05, 0) is 36.4 Å². The molecular weight excluding hydrogens is 428 g/mol. The number of rotatable bonds is 2. The van der Waals surface area contributed by atoms with Crippen molar-refractivity contribution in [1.29, 1.82) is 5.26 Å². The number of benzene rings is 2. The molecule has 4 aromatic rings. The highest BCUT2D eigenvalue weighted by molar-refractivity contribution is 9.10. The second kappa shape index (κ2) is 6.95. The number of allylic oxidation sites excluding steroid dienone is 1. The molecule has 2 aromatic heterocycles. The fourth-order valence-corrected chi connectivity index (χ4v) is 3.32. The Labute approximate surface area is 167 Å². The third-order valence-corrected chi connectivity index (χ3v) is 4.84. The Morgan fingerprint density at radius 3 is 2.78 bits per heavy atom. The number of fused-ring (bicyclic) bond motifs is 2. The Kier molecular flexibility index (Phi) is 4.48. The Morgan fingerprint density at radius 2 is 1.96 bits per heavy atom. The second-order valence-electron chi connectivity index (χ2n) is 5.81. The fraction of sp³-hybridized carbons (Fsp3) is 0. The van der Waals surface area contributed by atoms with Gasteiger partial charge in [0, 0.05) is 15.4 Å². The first kappa shape index (κ1) is 17.4. The van der Waals surface area contributed by atoms with E-state index in [9.17, 15) is 10.1 Å². The first-order valence-electron chi connectivity index (χ1n) is 7.92. The molecule has 0 fully saturated rings. The van der Waals surface area contributed by atoms with Gasteiger partial charge in [0.25, 0.3) is 5.56 Å². The van der Waals surface area contributed by atoms with Crippen LogP contribution in [0.3, 0.4) is 0 Å². The number of hydrogen-bond acceptors (Lipinski definition) is 4. The van der Waals surface area contributed by atoms with E-state index in [1.54, 1.807) is 24.3 Å². The van der Waals surface area contributed by atoms with E-state index in [-0.39, 0.29) is 22.1 Å². The minimum Gasteiger partial charge on any atom is -0.305 e. The zero-order valence-corrected chi connectivity index (χ0v) is 16.0. The largest absolute Gasteiger partial charge is 0.305 e. The first-order chi connectivity index (χ1) is 13.0. The standard InChI is InChI=1S/C20H10BrClN4O/c21-14-5-6-17-15(9-14)20(27)26-19(25-17)13(10-23)8-12-7-11-3-1-2-4-16(11)24-18(12)22/h1-9H,(H,25,26,27). The molecule has 0 aliphatic heterocycles. The first-order valence-corrected chi connectivity index (χ1v) is 9.09. The molecule has 2 heterocycles. The van der Waals surface area contributed by atoms with Gasteiger partial charge in [-0.1, -0.05) is 45.7 Å². The number of aromatic nitrogens is 3. The summed E-state index contributed by atoms with van der Waals surface area (Å²) in [6.07, 6.45) is 1.57. The van der Waals surface area contributed by atoms with Crippen LogP contribution in [0.25, 0.3) is 33.5 Å². The zero-order chi connectivity index (χ0) is 19.0. The normalized spacial score (nSPS) is 11.7. The van der Waals surface area contributed by atoms with Crippen LogP contribution in [0.5, 0.6) is 0 Å². The van der Waals surface area contributed by atoms with Crippen molar-refractivity contribution < 1.29 is 0 Å². The van der Waals surface area contributed by atoms with Crippen LogP contribution in [0.15, 0.2) is 57.8 Å². The maximum absolute atomic E-state index is 12.4. The van der Waals surface area contributed by atoms with Gasteiger partial charge in [0.15, 0.2) is 5.82 Å². The summed E-state index contributed by atoms with van der Waals surface area (Å²) >= 11 is 9.61. The molecule has 0 amide bonds. The van der Waals surface area contributed by atoms with Crippen LogP contribution in [0.1, 0.15) is 11.4 Å². The number of nitrogens with zero attached hydrogens (tertiary/aromatic N) is 3. The summed E-state index contributed by atoms with van der Waals surface area (Å²) in [5.41, 5.74) is 1.71. The average Bonchev–Trinajstić information content (AvgIpc) is 2.66. The van der Waals surface area contributed by atoms with E-state index in [0.717, 1.165) is 15.4 Å². The number of aromatic amines is 1. The summed E-state index contributed by atoms with van der Waals surface area (Å²) in [5.74, 6) is 0.182. The summed E-state index contributed by atoms with van der Waals surface area (Å²) in [6, 6.07) is 16.7. The van der Waals surface area contributed by atoms with Gasteiger partial charge in [-0.2, -0.15) is 5.26 Å². The van der Waals surface area contributed by atoms with Gasteiger partial charge in [0.05, 0.1) is 22.0 Å². The highest BCUT2D eigenvalue weighted by Crippen LogP contribution is 2.25. The molecule has 0 unspecified atom stereocenters. The highest BCUT2D eigenvalue weighted by Gasteiger charge is 2.11. The fourth-order valence-electron chi connectivity index (χ4n) is 2.76. The lowest BCUT2D eigenvalue weighted by Crippen LogP contribution is -2.11. The molecule has 2 aromatic carbocycles. The molecule has 0 aliphatic carbocycles. The molecule has 4 rings (SSSR count). The smallest absolute Gasteiger partial charge is 0.259 e. The van der Waals surface area contributed by atoms with E-state index in [0.29, 0.717) is 16.5 Å². The number of para-hydroxylation sites is 1. The second-order valence-corrected chi connectivity index (χ2v) is 7.08. The Balaban J connectivity index is 1.89. The number of halogens is 2. The summed E-state index contributed by atoms with van der Waals surface area (Å²) in [7, 11) is 0. The number of H-pyrrole nitrogens is 1. The highest BCUT2D eigenvalue weighted by atomic mass is 79.9. The van der Waals surface area contributed by atoms with E-state index in [4.69, 9.17) is 11.6 Å². The van der Waals surface area contributed by atoms with Gasteiger partial charge < -0.3 is 4.98 Å². The van der Waals surface area contributed by atoms with Crippen LogP contribution < -0.4 is 5.56 Å². The van der Waals surface area contributed by atoms with Crippen molar-refractivity contribution in [3.63, 3.8) is 0 Å². The van der Waals surface area contributed by atoms with E-state index < -0.39 is 0 Å². The zero-order valence-electron chi connectivity index (χ0n) is 13.7. The molecule has 0 saturated heterocycles. The summed E-state index contributed by atoms with van der Waals surface area (Å²) in [5, 5.41) is 11.2. The van der Waals surface area contributed by atoms with E-state index >= 15 is 0 Å². The minimum atomic E-state index is -0.319. The molecule has 7 heteroatoms. The molecule has 1 N–H and O–H groups in total. The third kappa shape index (κ3) is 3.35. The quantitative estimate of drug-likeness (QED) is 0.355. The van der Waals surface area contributed by atoms with Gasteiger partial charge in [-0.15, -0.1) is 0 Å². The molecule has 0 saturated carbocycles. The number of hydrogen-bond donors (Lipinski definition) is 1. The van der Waals surface area contributed by atoms with Crippen molar-refractivity contribution in [2.45, 2.75) is 0 Å². The molecule has 0 bridgehead atoms. The lowest BCUT2D eigenvalue weighted by Gasteiger charge is -2.05. The molecule has 0 radical (unpaired) electrons. The lowest BCUT2D eigenvalue weighted by molar-refractivity contribution is 1.13. The molecule has 130 valence electrons. The van der Waals surface area contributed by atoms with Crippen molar-refractivity contribution in [2.24, 2.45) is 0 Å². The molecule has 0 aliphatic rings. The summed E-state index contributed by atoms with van der Waals surface area (Å²) in [6.45, 7) is 0. The number of nitrogens with one attached hydrogen (secondary N) is 1. The van der Waals surface area contributed by atoms with Crippen LogP contribution in [-0.2, 0) is 0 Å². The van der Waals surface area contributed by atoms with Crippen molar-refractivity contribution in [2.75, 3.05) is 0 Å². The van der Waals surface area contributed by atoms with E-state index in [1.807, 2.05) is 30.3 Å². The van der Waals surface area contributed by atoms with Gasteiger partial charge in [0.1, 0.15) is 11.2 Å². The molecule has 0 spiro atoms. The van der Waals surface area contributed by atoms with Gasteiger partial charge in [0.2, 0.25) is 0 Å². The van der Waals surface area contributed by atoms with Crippen molar-refractivity contribution in [3.05, 3.63) is 79.9 Å². The molecule has 27 heavy (non-hydrogen) atoms. The maximum Gasteiger partial charge on any atom is 0.259 e. The molecule has 0 atom stereocenters. The van der Waals surface area contributed by atoms with Gasteiger partial charge >= 0.3 is 0 Å². The Hall–Kier alpha value is -3.01. The van der Waals surface area contributed by atoms with Crippen LogP contribution in [0.2, 0.25) is 5.15 Å². The van der Waals surface area contributed by atoms with Gasteiger partial charge in [-0.25, -0.2) is 9.97 Å².